The van der Waals surface area contributed by atoms with Crippen molar-refractivity contribution >= 4 is 0 Å². The van der Waals surface area contributed by atoms with Crippen LogP contribution in [0.25, 0.3) is 0 Å². The minimum atomic E-state index is -1.14. The third-order valence-electron chi connectivity index (χ3n) is 2.96. The van der Waals surface area contributed by atoms with Gasteiger partial charge in [-0.2, -0.15) is 5.26 Å². The van der Waals surface area contributed by atoms with Crippen molar-refractivity contribution in [3.05, 3.63) is 35.4 Å². The Bertz CT molecular complexity index is 405. The van der Waals surface area contributed by atoms with Crippen LogP contribution in [0, 0.1) is 11.3 Å². The molecule has 0 amide bonds. The molecule has 3 heteroatoms. The molecule has 2 atom stereocenters. The highest BCUT2D eigenvalue weighted by Crippen LogP contribution is 2.36. The number of nitriles is 1. The fourth-order valence-electron chi connectivity index (χ4n) is 1.95. The molecule has 1 aromatic rings. The van der Waals surface area contributed by atoms with Crippen LogP contribution in [0.5, 0.6) is 0 Å². The summed E-state index contributed by atoms with van der Waals surface area (Å²) in [6, 6.07) is 9.21. The van der Waals surface area contributed by atoms with E-state index in [0.717, 1.165) is 5.56 Å². The number of nitrogens with zero attached hydrogens (tertiary/aromatic N) is 1. The first-order chi connectivity index (χ1) is 7.61. The molecule has 1 aromatic carbocycles. The molecule has 16 heavy (non-hydrogen) atoms. The average molecular weight is 219 g/mol. The van der Waals surface area contributed by atoms with Crippen LogP contribution in [0.1, 0.15) is 37.0 Å². The normalized spacial score (nSPS) is 29.7. The van der Waals surface area contributed by atoms with E-state index in [1.807, 2.05) is 12.1 Å². The van der Waals surface area contributed by atoms with Gasteiger partial charge in [0.25, 0.3) is 0 Å². The van der Waals surface area contributed by atoms with Crippen LogP contribution in [0.3, 0.4) is 0 Å². The lowest BCUT2D eigenvalue weighted by atomic mass is 9.90. The third-order valence-corrected chi connectivity index (χ3v) is 2.96. The second-order valence-electron chi connectivity index (χ2n) is 4.46. The van der Waals surface area contributed by atoms with Crippen molar-refractivity contribution in [2.45, 2.75) is 31.5 Å². The van der Waals surface area contributed by atoms with Crippen LogP contribution in [0.4, 0.5) is 4.39 Å². The number of benzene rings is 1. The molecule has 0 saturated carbocycles. The molecule has 0 aliphatic carbocycles. The predicted octanol–water partition coefficient (Wildman–Crippen LogP) is 3.14. The standard InChI is InChI=1S/C13H14FNO/c1-13(14)6-7-16-12(8-13)11-4-2-10(9-15)3-5-11/h2-5,12H,6-8H2,1H3/t12-,13+/m1/s1. The molecular formula is C13H14FNO. The summed E-state index contributed by atoms with van der Waals surface area (Å²) >= 11 is 0. The molecule has 0 bridgehead atoms. The second kappa shape index (κ2) is 4.23. The van der Waals surface area contributed by atoms with Gasteiger partial charge in [0.2, 0.25) is 0 Å². The number of hydrogen-bond acceptors (Lipinski definition) is 2. The number of hydrogen-bond donors (Lipinski definition) is 0. The molecular weight excluding hydrogens is 205 g/mol. The van der Waals surface area contributed by atoms with Crippen LogP contribution in [0.15, 0.2) is 24.3 Å². The molecule has 1 fully saturated rings. The van der Waals surface area contributed by atoms with Crippen LogP contribution in [-0.2, 0) is 4.74 Å². The zero-order valence-electron chi connectivity index (χ0n) is 9.24. The lowest BCUT2D eigenvalue weighted by Gasteiger charge is -2.32. The Morgan fingerprint density at radius 3 is 2.69 bits per heavy atom. The summed E-state index contributed by atoms with van der Waals surface area (Å²) in [7, 11) is 0. The fraction of sp³-hybridized carbons (Fsp3) is 0.462. The van der Waals surface area contributed by atoms with Gasteiger partial charge in [0, 0.05) is 12.8 Å². The molecule has 0 radical (unpaired) electrons. The first-order valence-corrected chi connectivity index (χ1v) is 5.41. The van der Waals surface area contributed by atoms with E-state index in [1.165, 1.54) is 0 Å². The Hall–Kier alpha value is -1.40. The zero-order chi connectivity index (χ0) is 11.6. The van der Waals surface area contributed by atoms with Crippen molar-refractivity contribution in [3.8, 4) is 6.07 Å². The van der Waals surface area contributed by atoms with Gasteiger partial charge in [0.1, 0.15) is 5.67 Å². The van der Waals surface area contributed by atoms with Gasteiger partial charge in [-0.05, 0) is 24.6 Å². The first kappa shape index (κ1) is 11.1. The highest BCUT2D eigenvalue weighted by molar-refractivity contribution is 5.32. The maximum absolute atomic E-state index is 13.8. The van der Waals surface area contributed by atoms with E-state index in [4.69, 9.17) is 10.00 Å². The second-order valence-corrected chi connectivity index (χ2v) is 4.46. The topological polar surface area (TPSA) is 33.0 Å². The van der Waals surface area contributed by atoms with Crippen LogP contribution >= 0.6 is 0 Å². The summed E-state index contributed by atoms with van der Waals surface area (Å²) in [5.74, 6) is 0. The van der Waals surface area contributed by atoms with Gasteiger partial charge >= 0.3 is 0 Å². The van der Waals surface area contributed by atoms with E-state index in [9.17, 15) is 4.39 Å². The summed E-state index contributed by atoms with van der Waals surface area (Å²) in [5.41, 5.74) is 0.418. The van der Waals surface area contributed by atoms with E-state index in [0.29, 0.717) is 25.0 Å². The highest BCUT2D eigenvalue weighted by atomic mass is 19.1. The molecule has 1 saturated heterocycles. The Morgan fingerprint density at radius 2 is 2.12 bits per heavy atom. The Balaban J connectivity index is 2.15. The summed E-state index contributed by atoms with van der Waals surface area (Å²) < 4.78 is 19.4. The van der Waals surface area contributed by atoms with E-state index in [2.05, 4.69) is 6.07 Å². The van der Waals surface area contributed by atoms with Crippen molar-refractivity contribution in [3.63, 3.8) is 0 Å². The predicted molar refractivity (Wildman–Crippen MR) is 58.6 cm³/mol. The van der Waals surface area contributed by atoms with Gasteiger partial charge in [0.05, 0.1) is 24.3 Å². The average Bonchev–Trinajstić information content (AvgIpc) is 2.28. The molecule has 0 aromatic heterocycles. The molecule has 0 spiro atoms. The van der Waals surface area contributed by atoms with E-state index in [1.54, 1.807) is 19.1 Å². The Kier molecular flexibility index (Phi) is 2.93. The summed E-state index contributed by atoms with van der Waals surface area (Å²) in [6.07, 6.45) is 0.662. The number of rotatable bonds is 1. The molecule has 0 unspecified atom stereocenters. The number of ether oxygens (including phenoxy) is 1. The van der Waals surface area contributed by atoms with Crippen LogP contribution < -0.4 is 0 Å². The maximum Gasteiger partial charge on any atom is 0.113 e. The quantitative estimate of drug-likeness (QED) is 0.727. The number of halogens is 1. The molecule has 2 rings (SSSR count). The van der Waals surface area contributed by atoms with Gasteiger partial charge in [-0.1, -0.05) is 12.1 Å². The van der Waals surface area contributed by atoms with Crippen molar-refractivity contribution < 1.29 is 9.13 Å². The fourth-order valence-corrected chi connectivity index (χ4v) is 1.95. The molecule has 1 aliphatic rings. The van der Waals surface area contributed by atoms with Gasteiger partial charge in [-0.25, -0.2) is 4.39 Å². The van der Waals surface area contributed by atoms with Gasteiger partial charge in [-0.15, -0.1) is 0 Å². The smallest absolute Gasteiger partial charge is 0.113 e. The molecule has 84 valence electrons. The Labute approximate surface area is 94.7 Å². The molecule has 1 aliphatic heterocycles. The van der Waals surface area contributed by atoms with Gasteiger partial charge < -0.3 is 4.74 Å². The van der Waals surface area contributed by atoms with Crippen molar-refractivity contribution in [2.24, 2.45) is 0 Å². The van der Waals surface area contributed by atoms with Crippen molar-refractivity contribution in [2.75, 3.05) is 6.61 Å². The third kappa shape index (κ3) is 2.40. The van der Waals surface area contributed by atoms with Crippen LogP contribution in [-0.4, -0.2) is 12.3 Å². The monoisotopic (exact) mass is 219 g/mol. The van der Waals surface area contributed by atoms with Gasteiger partial charge in [0.15, 0.2) is 0 Å². The largest absolute Gasteiger partial charge is 0.373 e. The molecule has 0 N–H and O–H groups in total. The van der Waals surface area contributed by atoms with Crippen molar-refractivity contribution in [1.29, 1.82) is 5.26 Å². The zero-order valence-corrected chi connectivity index (χ0v) is 9.24. The molecule has 2 nitrogen and oxygen atoms in total. The number of alkyl halides is 1. The van der Waals surface area contributed by atoms with Crippen LogP contribution in [0.2, 0.25) is 0 Å². The summed E-state index contributed by atoms with van der Waals surface area (Å²) in [4.78, 5) is 0. The van der Waals surface area contributed by atoms with E-state index in [-0.39, 0.29) is 6.10 Å². The summed E-state index contributed by atoms with van der Waals surface area (Å²) in [5, 5.41) is 8.68. The van der Waals surface area contributed by atoms with Crippen molar-refractivity contribution in [1.82, 2.24) is 0 Å². The summed E-state index contributed by atoms with van der Waals surface area (Å²) in [6.45, 7) is 2.07. The first-order valence-electron chi connectivity index (χ1n) is 5.41. The minimum absolute atomic E-state index is 0.184. The van der Waals surface area contributed by atoms with E-state index < -0.39 is 5.67 Å². The minimum Gasteiger partial charge on any atom is -0.373 e. The van der Waals surface area contributed by atoms with E-state index >= 15 is 0 Å². The lowest BCUT2D eigenvalue weighted by Crippen LogP contribution is -2.30. The lowest BCUT2D eigenvalue weighted by molar-refractivity contribution is -0.0571. The highest BCUT2D eigenvalue weighted by Gasteiger charge is 2.33. The van der Waals surface area contributed by atoms with Gasteiger partial charge in [-0.3, -0.25) is 0 Å². The Morgan fingerprint density at radius 1 is 1.44 bits per heavy atom. The SMILES string of the molecule is C[C@]1(F)CCO[C@@H](c2ccc(C#N)cc2)C1. The maximum atomic E-state index is 13.8. The molecule has 1 heterocycles.